The summed E-state index contributed by atoms with van der Waals surface area (Å²) in [4.78, 5) is 2.52. The van der Waals surface area contributed by atoms with Crippen LogP contribution in [0.3, 0.4) is 0 Å². The molecule has 1 heterocycles. The van der Waals surface area contributed by atoms with E-state index in [0.717, 1.165) is 18.8 Å². The molecule has 2 aromatic carbocycles. The molecule has 3 rings (SSSR count). The summed E-state index contributed by atoms with van der Waals surface area (Å²) in [6.07, 6.45) is 2.56. The Hall–Kier alpha value is -1.65. The summed E-state index contributed by atoms with van der Waals surface area (Å²) in [5.41, 5.74) is 1.06. The molecule has 2 aromatic rings. The molecule has 1 fully saturated rings. The van der Waals surface area contributed by atoms with E-state index in [1.807, 2.05) is 0 Å². The second kappa shape index (κ2) is 7.07. The number of fused-ring (bicyclic) bond motifs is 1. The topological polar surface area (TPSA) is 27.3 Å². The molecule has 116 valence electrons. The first-order valence-electron chi connectivity index (χ1n) is 8.04. The van der Waals surface area contributed by atoms with Crippen LogP contribution < -0.4 is 10.6 Å². The summed E-state index contributed by atoms with van der Waals surface area (Å²) < 4.78 is 0. The molecular weight excluding hydrogens is 290 g/mol. The largest absolute Gasteiger partial charge is 0.361 e. The van der Waals surface area contributed by atoms with Crippen molar-refractivity contribution >= 4 is 33.8 Å². The summed E-state index contributed by atoms with van der Waals surface area (Å²) in [5, 5.41) is 9.86. The standard InChI is InChI=1S/C18H23N3S/c1-2-21-12-6-9-15(21)13-19-18(22)20-17-11-5-8-14-7-3-4-10-16(14)17/h3-5,7-8,10-11,15H,2,6,9,12-13H2,1H3,(H2,19,20,22)/t15-/m0/s1. The molecule has 0 aliphatic carbocycles. The second-order valence-corrected chi connectivity index (χ2v) is 6.19. The average molecular weight is 313 g/mol. The van der Waals surface area contributed by atoms with Crippen LogP contribution in [0.15, 0.2) is 42.5 Å². The molecule has 4 heteroatoms. The lowest BCUT2D eigenvalue weighted by atomic mass is 10.1. The predicted octanol–water partition coefficient (Wildman–Crippen LogP) is 3.61. The van der Waals surface area contributed by atoms with Gasteiger partial charge in [0.1, 0.15) is 0 Å². The molecule has 0 spiro atoms. The fourth-order valence-corrected chi connectivity index (χ4v) is 3.45. The highest BCUT2D eigenvalue weighted by molar-refractivity contribution is 7.80. The maximum Gasteiger partial charge on any atom is 0.170 e. The maximum atomic E-state index is 5.47. The van der Waals surface area contributed by atoms with Gasteiger partial charge in [-0.15, -0.1) is 0 Å². The maximum absolute atomic E-state index is 5.47. The highest BCUT2D eigenvalue weighted by Gasteiger charge is 2.22. The van der Waals surface area contributed by atoms with Crippen LogP contribution in [0.4, 0.5) is 5.69 Å². The third-order valence-corrected chi connectivity index (χ3v) is 4.69. The first kappa shape index (κ1) is 15.3. The van der Waals surface area contributed by atoms with E-state index in [9.17, 15) is 0 Å². The summed E-state index contributed by atoms with van der Waals surface area (Å²) >= 11 is 5.47. The highest BCUT2D eigenvalue weighted by atomic mass is 32.1. The van der Waals surface area contributed by atoms with Gasteiger partial charge in [0, 0.05) is 23.7 Å². The highest BCUT2D eigenvalue weighted by Crippen LogP contribution is 2.23. The molecule has 1 aliphatic heterocycles. The Labute approximate surface area is 137 Å². The van der Waals surface area contributed by atoms with Crippen LogP contribution in [0.1, 0.15) is 19.8 Å². The van der Waals surface area contributed by atoms with Gasteiger partial charge in [-0.3, -0.25) is 4.90 Å². The minimum absolute atomic E-state index is 0.609. The van der Waals surface area contributed by atoms with Gasteiger partial charge in [-0.2, -0.15) is 0 Å². The second-order valence-electron chi connectivity index (χ2n) is 5.79. The first-order chi connectivity index (χ1) is 10.8. The summed E-state index contributed by atoms with van der Waals surface area (Å²) in [6, 6.07) is 15.2. The molecule has 0 unspecified atom stereocenters. The van der Waals surface area contributed by atoms with Crippen molar-refractivity contribution in [1.29, 1.82) is 0 Å². The Morgan fingerprint density at radius 2 is 2.05 bits per heavy atom. The summed E-state index contributed by atoms with van der Waals surface area (Å²) in [6.45, 7) is 5.48. The fraction of sp³-hybridized carbons (Fsp3) is 0.389. The van der Waals surface area contributed by atoms with Crippen molar-refractivity contribution in [2.24, 2.45) is 0 Å². The van der Waals surface area contributed by atoms with Crippen LogP contribution in [-0.2, 0) is 0 Å². The van der Waals surface area contributed by atoms with E-state index >= 15 is 0 Å². The van der Waals surface area contributed by atoms with Gasteiger partial charge in [0.25, 0.3) is 0 Å². The van der Waals surface area contributed by atoms with Gasteiger partial charge < -0.3 is 10.6 Å². The molecule has 2 N–H and O–H groups in total. The smallest absolute Gasteiger partial charge is 0.170 e. The number of anilines is 1. The minimum atomic E-state index is 0.609. The number of likely N-dealkylation sites (N-methyl/N-ethyl adjacent to an activating group) is 1. The number of hydrogen-bond acceptors (Lipinski definition) is 2. The Morgan fingerprint density at radius 3 is 2.91 bits per heavy atom. The molecule has 0 saturated carbocycles. The first-order valence-corrected chi connectivity index (χ1v) is 8.45. The SMILES string of the molecule is CCN1CCC[C@H]1CNC(=S)Nc1cccc2ccccc12. The van der Waals surface area contributed by atoms with Gasteiger partial charge in [0.15, 0.2) is 5.11 Å². The van der Waals surface area contributed by atoms with Gasteiger partial charge in [-0.1, -0.05) is 43.3 Å². The van der Waals surface area contributed by atoms with E-state index in [4.69, 9.17) is 12.2 Å². The molecular formula is C18H23N3S. The number of nitrogens with one attached hydrogen (secondary N) is 2. The monoisotopic (exact) mass is 313 g/mol. The number of likely N-dealkylation sites (tertiary alicyclic amines) is 1. The van der Waals surface area contributed by atoms with Crippen molar-refractivity contribution in [2.75, 3.05) is 25.0 Å². The molecule has 1 saturated heterocycles. The van der Waals surface area contributed by atoms with Crippen LogP contribution >= 0.6 is 12.2 Å². The zero-order valence-corrected chi connectivity index (χ0v) is 13.8. The molecule has 22 heavy (non-hydrogen) atoms. The Kier molecular flexibility index (Phi) is 4.90. The molecule has 0 radical (unpaired) electrons. The molecule has 0 aromatic heterocycles. The van der Waals surface area contributed by atoms with Crippen molar-refractivity contribution in [3.8, 4) is 0 Å². The summed E-state index contributed by atoms with van der Waals surface area (Å²) in [5.74, 6) is 0. The average Bonchev–Trinajstić information content (AvgIpc) is 3.01. The quantitative estimate of drug-likeness (QED) is 0.843. The Morgan fingerprint density at radius 1 is 1.23 bits per heavy atom. The van der Waals surface area contributed by atoms with Gasteiger partial charge in [0.2, 0.25) is 0 Å². The van der Waals surface area contributed by atoms with Crippen molar-refractivity contribution < 1.29 is 0 Å². The van der Waals surface area contributed by atoms with Crippen molar-refractivity contribution in [2.45, 2.75) is 25.8 Å². The molecule has 0 bridgehead atoms. The third kappa shape index (κ3) is 3.39. The van der Waals surface area contributed by atoms with E-state index in [1.54, 1.807) is 0 Å². The zero-order chi connectivity index (χ0) is 15.4. The van der Waals surface area contributed by atoms with Crippen LogP contribution in [0.2, 0.25) is 0 Å². The Balaban J connectivity index is 1.61. The number of hydrogen-bond donors (Lipinski definition) is 2. The van der Waals surface area contributed by atoms with Crippen LogP contribution in [-0.4, -0.2) is 35.7 Å². The summed E-state index contributed by atoms with van der Waals surface area (Å²) in [7, 11) is 0. The van der Waals surface area contributed by atoms with E-state index in [1.165, 1.54) is 30.2 Å². The number of thiocarbonyl (C=S) groups is 1. The van der Waals surface area contributed by atoms with Gasteiger partial charge in [-0.05, 0) is 49.6 Å². The van der Waals surface area contributed by atoms with E-state index in [-0.39, 0.29) is 0 Å². The van der Waals surface area contributed by atoms with Crippen molar-refractivity contribution in [3.63, 3.8) is 0 Å². The van der Waals surface area contributed by atoms with Gasteiger partial charge in [0.05, 0.1) is 0 Å². The lowest BCUT2D eigenvalue weighted by Crippen LogP contribution is -2.41. The van der Waals surface area contributed by atoms with Crippen molar-refractivity contribution in [3.05, 3.63) is 42.5 Å². The van der Waals surface area contributed by atoms with Crippen LogP contribution in [0.5, 0.6) is 0 Å². The molecule has 3 nitrogen and oxygen atoms in total. The lowest BCUT2D eigenvalue weighted by Gasteiger charge is -2.23. The predicted molar refractivity (Wildman–Crippen MR) is 98.4 cm³/mol. The molecule has 0 amide bonds. The van der Waals surface area contributed by atoms with Gasteiger partial charge in [-0.25, -0.2) is 0 Å². The van der Waals surface area contributed by atoms with E-state index in [0.29, 0.717) is 11.2 Å². The van der Waals surface area contributed by atoms with E-state index in [2.05, 4.69) is 64.9 Å². The molecule has 1 atom stereocenters. The van der Waals surface area contributed by atoms with Gasteiger partial charge >= 0.3 is 0 Å². The number of nitrogens with zero attached hydrogens (tertiary/aromatic N) is 1. The Bertz CT molecular complexity index is 650. The zero-order valence-electron chi connectivity index (χ0n) is 13.0. The minimum Gasteiger partial charge on any atom is -0.361 e. The van der Waals surface area contributed by atoms with Crippen LogP contribution in [0.25, 0.3) is 10.8 Å². The third-order valence-electron chi connectivity index (χ3n) is 4.44. The molecule has 1 aliphatic rings. The lowest BCUT2D eigenvalue weighted by molar-refractivity contribution is 0.267. The van der Waals surface area contributed by atoms with E-state index < -0.39 is 0 Å². The normalized spacial score (nSPS) is 18.5. The van der Waals surface area contributed by atoms with Crippen LogP contribution in [0, 0.1) is 0 Å². The fourth-order valence-electron chi connectivity index (χ4n) is 3.25. The number of rotatable bonds is 4. The van der Waals surface area contributed by atoms with Crippen molar-refractivity contribution in [1.82, 2.24) is 10.2 Å². The number of benzene rings is 2.